The summed E-state index contributed by atoms with van der Waals surface area (Å²) in [6.45, 7) is 5.61. The zero-order valence-corrected chi connectivity index (χ0v) is 11.9. The summed E-state index contributed by atoms with van der Waals surface area (Å²) in [6, 6.07) is 14.7. The van der Waals surface area contributed by atoms with Crippen LogP contribution in [0.25, 0.3) is 0 Å². The Morgan fingerprint density at radius 1 is 0.950 bits per heavy atom. The summed E-state index contributed by atoms with van der Waals surface area (Å²) in [5.74, 6) is 0.480. The van der Waals surface area contributed by atoms with Gasteiger partial charge in [-0.2, -0.15) is 0 Å². The number of carbonyl (C=O) groups is 1. The SMILES string of the molecule is CC(=O)Oc1ccc(C(C)(C)c2ccc(O)cc2)cc1. The molecule has 0 saturated heterocycles. The van der Waals surface area contributed by atoms with E-state index in [2.05, 4.69) is 13.8 Å². The van der Waals surface area contributed by atoms with Crippen LogP contribution >= 0.6 is 0 Å². The second kappa shape index (κ2) is 5.37. The molecule has 0 fully saturated rings. The van der Waals surface area contributed by atoms with Gasteiger partial charge < -0.3 is 9.84 Å². The fourth-order valence-corrected chi connectivity index (χ4v) is 2.15. The van der Waals surface area contributed by atoms with Crippen LogP contribution in [0.5, 0.6) is 11.5 Å². The highest BCUT2D eigenvalue weighted by atomic mass is 16.5. The molecule has 0 radical (unpaired) electrons. The molecular weight excluding hydrogens is 252 g/mol. The lowest BCUT2D eigenvalue weighted by Crippen LogP contribution is -2.18. The monoisotopic (exact) mass is 270 g/mol. The van der Waals surface area contributed by atoms with Crippen molar-refractivity contribution in [2.24, 2.45) is 0 Å². The topological polar surface area (TPSA) is 46.5 Å². The van der Waals surface area contributed by atoms with E-state index in [0.717, 1.165) is 11.1 Å². The van der Waals surface area contributed by atoms with Crippen molar-refractivity contribution in [1.82, 2.24) is 0 Å². The maximum absolute atomic E-state index is 10.9. The first-order chi connectivity index (χ1) is 9.39. The minimum atomic E-state index is -0.324. The number of hydrogen-bond donors (Lipinski definition) is 1. The zero-order chi connectivity index (χ0) is 14.8. The van der Waals surface area contributed by atoms with Gasteiger partial charge in [0.15, 0.2) is 0 Å². The molecule has 2 aromatic carbocycles. The van der Waals surface area contributed by atoms with Crippen molar-refractivity contribution in [3.8, 4) is 11.5 Å². The molecular formula is C17H18O3. The number of ether oxygens (including phenoxy) is 1. The minimum absolute atomic E-state index is 0.192. The van der Waals surface area contributed by atoms with E-state index in [-0.39, 0.29) is 17.1 Å². The van der Waals surface area contributed by atoms with Crippen molar-refractivity contribution >= 4 is 5.97 Å². The number of rotatable bonds is 3. The highest BCUT2D eigenvalue weighted by Gasteiger charge is 2.23. The number of phenols is 1. The normalized spacial score (nSPS) is 11.2. The fraction of sp³-hybridized carbons (Fsp3) is 0.235. The van der Waals surface area contributed by atoms with Crippen LogP contribution in [-0.2, 0) is 10.2 Å². The standard InChI is InChI=1S/C17H18O3/c1-12(18)20-16-10-6-14(7-11-16)17(2,3)13-4-8-15(19)9-5-13/h4-11,19H,1-3H3. The van der Waals surface area contributed by atoms with E-state index in [1.807, 2.05) is 24.3 Å². The third kappa shape index (κ3) is 2.99. The molecule has 0 aliphatic rings. The van der Waals surface area contributed by atoms with Gasteiger partial charge in [0, 0.05) is 12.3 Å². The fourth-order valence-electron chi connectivity index (χ4n) is 2.15. The van der Waals surface area contributed by atoms with Crippen molar-refractivity contribution in [1.29, 1.82) is 0 Å². The average molecular weight is 270 g/mol. The first-order valence-electron chi connectivity index (χ1n) is 6.48. The molecule has 3 nitrogen and oxygen atoms in total. The van der Waals surface area contributed by atoms with Crippen LogP contribution < -0.4 is 4.74 Å². The van der Waals surface area contributed by atoms with Crippen molar-refractivity contribution in [3.63, 3.8) is 0 Å². The smallest absolute Gasteiger partial charge is 0.308 e. The molecule has 0 atom stereocenters. The quantitative estimate of drug-likeness (QED) is 0.684. The van der Waals surface area contributed by atoms with Gasteiger partial charge in [-0.05, 0) is 35.4 Å². The predicted octanol–water partition coefficient (Wildman–Crippen LogP) is 3.64. The van der Waals surface area contributed by atoms with Gasteiger partial charge in [-0.15, -0.1) is 0 Å². The van der Waals surface area contributed by atoms with E-state index in [1.165, 1.54) is 6.92 Å². The van der Waals surface area contributed by atoms with Crippen LogP contribution in [-0.4, -0.2) is 11.1 Å². The maximum Gasteiger partial charge on any atom is 0.308 e. The largest absolute Gasteiger partial charge is 0.508 e. The molecule has 1 N–H and O–H groups in total. The molecule has 0 aliphatic heterocycles. The van der Waals surface area contributed by atoms with Gasteiger partial charge in [-0.3, -0.25) is 4.79 Å². The minimum Gasteiger partial charge on any atom is -0.508 e. The van der Waals surface area contributed by atoms with Gasteiger partial charge in [0.1, 0.15) is 11.5 Å². The van der Waals surface area contributed by atoms with E-state index >= 15 is 0 Å². The molecule has 0 bridgehead atoms. The summed E-state index contributed by atoms with van der Waals surface area (Å²) < 4.78 is 5.03. The van der Waals surface area contributed by atoms with E-state index in [0.29, 0.717) is 5.75 Å². The van der Waals surface area contributed by atoms with Gasteiger partial charge in [-0.25, -0.2) is 0 Å². The number of esters is 1. The third-order valence-electron chi connectivity index (χ3n) is 3.43. The van der Waals surface area contributed by atoms with E-state index < -0.39 is 0 Å². The molecule has 2 aromatic rings. The first-order valence-corrected chi connectivity index (χ1v) is 6.48. The van der Waals surface area contributed by atoms with Gasteiger partial charge in [-0.1, -0.05) is 38.1 Å². The molecule has 0 aliphatic carbocycles. The Hall–Kier alpha value is -2.29. The van der Waals surface area contributed by atoms with Crippen molar-refractivity contribution in [2.45, 2.75) is 26.2 Å². The summed E-state index contributed by atoms with van der Waals surface area (Å²) >= 11 is 0. The van der Waals surface area contributed by atoms with E-state index in [1.54, 1.807) is 24.3 Å². The van der Waals surface area contributed by atoms with E-state index in [9.17, 15) is 9.90 Å². The van der Waals surface area contributed by atoms with Gasteiger partial charge in [0.25, 0.3) is 0 Å². The van der Waals surface area contributed by atoms with E-state index in [4.69, 9.17) is 4.74 Å². The molecule has 0 aromatic heterocycles. The second-order valence-electron chi connectivity index (χ2n) is 5.29. The number of benzene rings is 2. The van der Waals surface area contributed by atoms with Crippen molar-refractivity contribution in [3.05, 3.63) is 59.7 Å². The summed E-state index contributed by atoms with van der Waals surface area (Å²) in [5.41, 5.74) is 2.03. The second-order valence-corrected chi connectivity index (χ2v) is 5.29. The van der Waals surface area contributed by atoms with Crippen LogP contribution in [0.4, 0.5) is 0 Å². The summed E-state index contributed by atoms with van der Waals surface area (Å²) in [4.78, 5) is 10.9. The van der Waals surface area contributed by atoms with Crippen molar-refractivity contribution < 1.29 is 14.6 Å². The molecule has 0 unspecified atom stereocenters. The molecule has 2 rings (SSSR count). The lowest BCUT2D eigenvalue weighted by Gasteiger charge is -2.26. The Kier molecular flexibility index (Phi) is 3.79. The number of phenolic OH excluding ortho intramolecular Hbond substituents is 1. The van der Waals surface area contributed by atoms with Crippen LogP contribution in [0.1, 0.15) is 31.9 Å². The Labute approximate surface area is 118 Å². The van der Waals surface area contributed by atoms with Crippen LogP contribution in [0, 0.1) is 0 Å². The Morgan fingerprint density at radius 2 is 1.40 bits per heavy atom. The first kappa shape index (κ1) is 14.1. The lowest BCUT2D eigenvalue weighted by molar-refractivity contribution is -0.131. The van der Waals surface area contributed by atoms with Crippen LogP contribution in [0.3, 0.4) is 0 Å². The summed E-state index contributed by atoms with van der Waals surface area (Å²) in [5, 5.41) is 9.36. The molecule has 20 heavy (non-hydrogen) atoms. The maximum atomic E-state index is 10.9. The average Bonchev–Trinajstić information content (AvgIpc) is 2.39. The van der Waals surface area contributed by atoms with Crippen LogP contribution in [0.15, 0.2) is 48.5 Å². The van der Waals surface area contributed by atoms with Gasteiger partial charge >= 0.3 is 5.97 Å². The Bertz CT molecular complexity index is 595. The van der Waals surface area contributed by atoms with Gasteiger partial charge in [0.2, 0.25) is 0 Å². The number of carbonyl (C=O) groups excluding carboxylic acids is 1. The molecule has 0 saturated carbocycles. The highest BCUT2D eigenvalue weighted by molar-refractivity contribution is 5.69. The number of aromatic hydroxyl groups is 1. The van der Waals surface area contributed by atoms with Gasteiger partial charge in [0.05, 0.1) is 0 Å². The molecule has 0 spiro atoms. The number of hydrogen-bond acceptors (Lipinski definition) is 3. The molecule has 0 amide bonds. The molecule has 0 heterocycles. The van der Waals surface area contributed by atoms with Crippen molar-refractivity contribution in [2.75, 3.05) is 0 Å². The van der Waals surface area contributed by atoms with Crippen LogP contribution in [0.2, 0.25) is 0 Å². The Balaban J connectivity index is 2.29. The molecule has 104 valence electrons. The third-order valence-corrected chi connectivity index (χ3v) is 3.43. The molecule has 3 heteroatoms. The zero-order valence-electron chi connectivity index (χ0n) is 11.9. The Morgan fingerprint density at radius 3 is 1.85 bits per heavy atom. The summed E-state index contributed by atoms with van der Waals surface area (Å²) in [6.07, 6.45) is 0. The highest BCUT2D eigenvalue weighted by Crippen LogP contribution is 2.33. The lowest BCUT2D eigenvalue weighted by atomic mass is 9.78. The predicted molar refractivity (Wildman–Crippen MR) is 78.0 cm³/mol. The summed E-state index contributed by atoms with van der Waals surface area (Å²) in [7, 11) is 0.